The molecule has 12 heavy (non-hydrogen) atoms. The van der Waals surface area contributed by atoms with E-state index in [4.69, 9.17) is 4.84 Å². The maximum Gasteiger partial charge on any atom is 0.120 e. The van der Waals surface area contributed by atoms with Gasteiger partial charge in [-0.1, -0.05) is 19.0 Å². The molecule has 2 aliphatic rings. The minimum atomic E-state index is 0.657. The molecular formula is C10H17NO. The van der Waals surface area contributed by atoms with Crippen LogP contribution in [0.2, 0.25) is 0 Å². The molecule has 2 fully saturated rings. The van der Waals surface area contributed by atoms with E-state index in [1.54, 1.807) is 0 Å². The van der Waals surface area contributed by atoms with Crippen molar-refractivity contribution in [2.45, 2.75) is 33.1 Å². The van der Waals surface area contributed by atoms with Gasteiger partial charge in [0, 0.05) is 5.92 Å². The van der Waals surface area contributed by atoms with Gasteiger partial charge in [0.2, 0.25) is 0 Å². The molecule has 2 heteroatoms. The van der Waals surface area contributed by atoms with Crippen molar-refractivity contribution >= 4 is 5.71 Å². The second-order valence-corrected chi connectivity index (χ2v) is 4.29. The fourth-order valence-electron chi connectivity index (χ4n) is 1.49. The number of hydrogen-bond acceptors (Lipinski definition) is 2. The van der Waals surface area contributed by atoms with Crippen molar-refractivity contribution in [3.8, 4) is 0 Å². The van der Waals surface area contributed by atoms with Crippen LogP contribution in [0, 0.1) is 17.8 Å². The molecule has 2 aliphatic carbocycles. The predicted octanol–water partition coefficient (Wildman–Crippen LogP) is 2.44. The second-order valence-electron chi connectivity index (χ2n) is 4.29. The molecule has 0 radical (unpaired) electrons. The molecule has 0 heterocycles. The zero-order valence-electron chi connectivity index (χ0n) is 7.92. The van der Waals surface area contributed by atoms with Crippen molar-refractivity contribution in [2.24, 2.45) is 22.9 Å². The third kappa shape index (κ3) is 1.62. The van der Waals surface area contributed by atoms with Crippen LogP contribution >= 0.6 is 0 Å². The summed E-state index contributed by atoms with van der Waals surface area (Å²) in [7, 11) is 0. The predicted molar refractivity (Wildman–Crippen MR) is 49.1 cm³/mol. The average Bonchev–Trinajstić information content (AvgIpc) is 2.86. The molecule has 0 N–H and O–H groups in total. The van der Waals surface area contributed by atoms with E-state index in [1.165, 1.54) is 18.6 Å². The van der Waals surface area contributed by atoms with Crippen LogP contribution < -0.4 is 0 Å². The SMILES string of the molecule is CC1C/C(=N\OCC2CC2)C1C. The van der Waals surface area contributed by atoms with Gasteiger partial charge in [-0.15, -0.1) is 0 Å². The summed E-state index contributed by atoms with van der Waals surface area (Å²) in [5.41, 5.74) is 1.27. The van der Waals surface area contributed by atoms with Crippen LogP contribution in [0.4, 0.5) is 0 Å². The van der Waals surface area contributed by atoms with Gasteiger partial charge in [-0.25, -0.2) is 0 Å². The lowest BCUT2D eigenvalue weighted by molar-refractivity contribution is 0.127. The van der Waals surface area contributed by atoms with Crippen molar-refractivity contribution < 1.29 is 4.84 Å². The molecule has 0 amide bonds. The van der Waals surface area contributed by atoms with Crippen LogP contribution in [0.3, 0.4) is 0 Å². The van der Waals surface area contributed by atoms with E-state index in [-0.39, 0.29) is 0 Å². The molecule has 2 saturated carbocycles. The normalized spacial score (nSPS) is 38.0. The Bertz CT molecular complexity index is 196. The van der Waals surface area contributed by atoms with E-state index in [0.29, 0.717) is 5.92 Å². The highest BCUT2D eigenvalue weighted by molar-refractivity contribution is 5.91. The lowest BCUT2D eigenvalue weighted by Gasteiger charge is -2.31. The quantitative estimate of drug-likeness (QED) is 0.592. The maximum atomic E-state index is 5.27. The molecule has 0 bridgehead atoms. The maximum absolute atomic E-state index is 5.27. The molecule has 0 aliphatic heterocycles. The van der Waals surface area contributed by atoms with Crippen molar-refractivity contribution in [2.75, 3.05) is 6.61 Å². The van der Waals surface area contributed by atoms with E-state index in [9.17, 15) is 0 Å². The van der Waals surface area contributed by atoms with Crippen LogP contribution in [0.5, 0.6) is 0 Å². The van der Waals surface area contributed by atoms with Gasteiger partial charge in [0.25, 0.3) is 0 Å². The van der Waals surface area contributed by atoms with Crippen LogP contribution in [0.1, 0.15) is 33.1 Å². The third-order valence-corrected chi connectivity index (χ3v) is 3.10. The van der Waals surface area contributed by atoms with Crippen molar-refractivity contribution in [3.05, 3.63) is 0 Å². The van der Waals surface area contributed by atoms with Crippen LogP contribution in [0.25, 0.3) is 0 Å². The number of rotatable bonds is 3. The summed E-state index contributed by atoms with van der Waals surface area (Å²) in [5.74, 6) is 2.29. The Hall–Kier alpha value is -0.530. The Morgan fingerprint density at radius 3 is 2.67 bits per heavy atom. The van der Waals surface area contributed by atoms with E-state index in [0.717, 1.165) is 24.9 Å². The first-order chi connectivity index (χ1) is 5.77. The smallest absolute Gasteiger partial charge is 0.120 e. The van der Waals surface area contributed by atoms with Gasteiger partial charge in [0.1, 0.15) is 6.61 Å². The number of hydrogen-bond donors (Lipinski definition) is 0. The first-order valence-electron chi connectivity index (χ1n) is 4.96. The minimum absolute atomic E-state index is 0.657. The molecule has 2 unspecified atom stereocenters. The highest BCUT2D eigenvalue weighted by Gasteiger charge is 2.31. The van der Waals surface area contributed by atoms with Crippen molar-refractivity contribution in [3.63, 3.8) is 0 Å². The van der Waals surface area contributed by atoms with Crippen molar-refractivity contribution in [1.29, 1.82) is 0 Å². The minimum Gasteiger partial charge on any atom is -0.396 e. The Morgan fingerprint density at radius 1 is 1.42 bits per heavy atom. The van der Waals surface area contributed by atoms with Gasteiger partial charge in [-0.2, -0.15) is 0 Å². The van der Waals surface area contributed by atoms with E-state index in [1.807, 2.05) is 0 Å². The molecule has 68 valence electrons. The largest absolute Gasteiger partial charge is 0.396 e. The standard InChI is InChI=1S/C10H17NO/c1-7-5-10(8(7)2)11-12-6-9-3-4-9/h7-9H,3-6H2,1-2H3/b11-10+. The monoisotopic (exact) mass is 167 g/mol. The Kier molecular flexibility index (Phi) is 2.07. The molecule has 2 nitrogen and oxygen atoms in total. The molecule has 0 aromatic rings. The van der Waals surface area contributed by atoms with E-state index < -0.39 is 0 Å². The summed E-state index contributed by atoms with van der Waals surface area (Å²) in [5, 5.41) is 4.16. The highest BCUT2D eigenvalue weighted by Crippen LogP contribution is 2.32. The number of oxime groups is 1. The summed E-state index contributed by atoms with van der Waals surface area (Å²) in [6.45, 7) is 5.35. The van der Waals surface area contributed by atoms with Gasteiger partial charge in [0.15, 0.2) is 0 Å². The van der Waals surface area contributed by atoms with Gasteiger partial charge in [-0.05, 0) is 31.1 Å². The summed E-state index contributed by atoms with van der Waals surface area (Å²) in [6, 6.07) is 0. The zero-order chi connectivity index (χ0) is 8.55. The second kappa shape index (κ2) is 3.08. The summed E-state index contributed by atoms with van der Waals surface area (Å²) >= 11 is 0. The molecule has 0 aromatic carbocycles. The summed E-state index contributed by atoms with van der Waals surface area (Å²) in [4.78, 5) is 5.27. The Morgan fingerprint density at radius 2 is 2.17 bits per heavy atom. The lowest BCUT2D eigenvalue weighted by Crippen LogP contribution is -2.33. The van der Waals surface area contributed by atoms with Crippen molar-refractivity contribution in [1.82, 2.24) is 0 Å². The first kappa shape index (κ1) is 8.09. The summed E-state index contributed by atoms with van der Waals surface area (Å²) in [6.07, 6.45) is 3.83. The van der Waals surface area contributed by atoms with Gasteiger partial charge >= 0.3 is 0 Å². The number of nitrogens with zero attached hydrogens (tertiary/aromatic N) is 1. The van der Waals surface area contributed by atoms with Crippen LogP contribution in [-0.2, 0) is 4.84 Å². The highest BCUT2D eigenvalue weighted by atomic mass is 16.6. The summed E-state index contributed by atoms with van der Waals surface area (Å²) < 4.78 is 0. The van der Waals surface area contributed by atoms with Gasteiger partial charge in [0.05, 0.1) is 5.71 Å². The fourth-order valence-corrected chi connectivity index (χ4v) is 1.49. The van der Waals surface area contributed by atoms with Gasteiger partial charge in [-0.3, -0.25) is 0 Å². The molecular weight excluding hydrogens is 150 g/mol. The van der Waals surface area contributed by atoms with Gasteiger partial charge < -0.3 is 4.84 Å². The fraction of sp³-hybridized carbons (Fsp3) is 0.900. The molecule has 2 rings (SSSR count). The van der Waals surface area contributed by atoms with E-state index in [2.05, 4.69) is 19.0 Å². The van der Waals surface area contributed by atoms with Crippen LogP contribution in [0.15, 0.2) is 5.16 Å². The molecule has 0 aromatic heterocycles. The lowest BCUT2D eigenvalue weighted by atomic mass is 9.74. The third-order valence-electron chi connectivity index (χ3n) is 3.10. The topological polar surface area (TPSA) is 21.6 Å². The molecule has 0 spiro atoms. The Labute approximate surface area is 74.0 Å². The molecule has 2 atom stereocenters. The first-order valence-corrected chi connectivity index (χ1v) is 4.96. The Balaban J connectivity index is 1.69. The molecule has 0 saturated heterocycles. The van der Waals surface area contributed by atoms with Crippen LogP contribution in [-0.4, -0.2) is 12.3 Å². The zero-order valence-corrected chi connectivity index (χ0v) is 7.92. The average molecular weight is 167 g/mol. The van der Waals surface area contributed by atoms with E-state index >= 15 is 0 Å².